The summed E-state index contributed by atoms with van der Waals surface area (Å²) in [6, 6.07) is -0.532. The Balaban J connectivity index is 3.35. The van der Waals surface area contributed by atoms with Crippen LogP contribution in [0.4, 0.5) is 0 Å². The number of aliphatic hydroxyl groups excluding tert-OH is 3. The molecule has 1 amide bonds. The fraction of sp³-hybridized carbons (Fsp3) is 0.981. The predicted octanol–water partition coefficient (Wildman–Crippen LogP) is 15.8. The van der Waals surface area contributed by atoms with Crippen molar-refractivity contribution in [1.82, 2.24) is 5.32 Å². The molecular formula is C52H105NO4. The lowest BCUT2D eigenvalue weighted by molar-refractivity contribution is -0.123. The maximum absolute atomic E-state index is 12.4. The van der Waals surface area contributed by atoms with E-state index in [2.05, 4.69) is 12.2 Å². The third-order valence-corrected chi connectivity index (χ3v) is 12.7. The normalized spacial score (nSPS) is 12.7. The number of rotatable bonds is 50. The van der Waals surface area contributed by atoms with E-state index in [1.54, 1.807) is 0 Å². The highest BCUT2D eigenvalue weighted by Crippen LogP contribution is 2.18. The van der Waals surface area contributed by atoms with Crippen LogP contribution in [0.25, 0.3) is 0 Å². The number of hydrogen-bond donors (Lipinski definition) is 4. The first-order valence-electron chi connectivity index (χ1n) is 26.3. The summed E-state index contributed by atoms with van der Waals surface area (Å²) in [5.41, 5.74) is 0. The Bertz CT molecular complexity index is 748. The monoisotopic (exact) mass is 808 g/mol. The summed E-state index contributed by atoms with van der Waals surface area (Å²) >= 11 is 0. The first-order valence-corrected chi connectivity index (χ1v) is 26.3. The van der Waals surface area contributed by atoms with Crippen molar-refractivity contribution in [2.24, 2.45) is 0 Å². The molecule has 57 heavy (non-hydrogen) atoms. The van der Waals surface area contributed by atoms with E-state index in [1.807, 2.05) is 0 Å². The molecule has 0 heterocycles. The third-order valence-electron chi connectivity index (χ3n) is 12.7. The van der Waals surface area contributed by atoms with E-state index in [9.17, 15) is 15.0 Å². The topological polar surface area (TPSA) is 89.8 Å². The van der Waals surface area contributed by atoms with Crippen molar-refractivity contribution in [3.8, 4) is 0 Å². The second-order valence-corrected chi connectivity index (χ2v) is 18.4. The van der Waals surface area contributed by atoms with Gasteiger partial charge in [-0.25, -0.2) is 0 Å². The first kappa shape index (κ1) is 56.4. The molecule has 0 fully saturated rings. The van der Waals surface area contributed by atoms with Crippen LogP contribution < -0.4 is 5.32 Å². The minimum atomic E-state index is -0.656. The van der Waals surface area contributed by atoms with Crippen LogP contribution in [0.5, 0.6) is 0 Å². The van der Waals surface area contributed by atoms with Crippen molar-refractivity contribution in [3.05, 3.63) is 0 Å². The number of hydrogen-bond acceptors (Lipinski definition) is 4. The van der Waals surface area contributed by atoms with E-state index in [-0.39, 0.29) is 12.5 Å². The highest BCUT2D eigenvalue weighted by atomic mass is 16.3. The molecule has 0 saturated carbocycles. The van der Waals surface area contributed by atoms with Crippen molar-refractivity contribution >= 4 is 5.91 Å². The zero-order chi connectivity index (χ0) is 41.4. The molecule has 0 aromatic heterocycles. The van der Waals surface area contributed by atoms with Crippen LogP contribution in [0.3, 0.4) is 0 Å². The molecule has 5 nitrogen and oxygen atoms in total. The van der Waals surface area contributed by atoms with E-state index in [4.69, 9.17) is 5.11 Å². The van der Waals surface area contributed by atoms with E-state index in [0.717, 1.165) is 32.1 Å². The standard InChI is InChI=1S/C52H105NO4/c1-2-3-4-5-6-7-8-28-31-34-37-40-43-46-51(56)50(49-55)53-52(57)47-44-41-38-35-32-29-26-24-22-20-18-16-14-12-10-9-11-13-15-17-19-21-23-25-27-30-33-36-39-42-45-48-54/h50-51,54-56H,2-49H2,1H3,(H,53,57). The van der Waals surface area contributed by atoms with Crippen LogP contribution in [0.2, 0.25) is 0 Å². The molecular weight excluding hydrogens is 703 g/mol. The van der Waals surface area contributed by atoms with Gasteiger partial charge in [0, 0.05) is 13.0 Å². The Morgan fingerprint density at radius 3 is 0.877 bits per heavy atom. The van der Waals surface area contributed by atoms with E-state index in [0.29, 0.717) is 19.4 Å². The van der Waals surface area contributed by atoms with Gasteiger partial charge in [-0.05, 0) is 19.3 Å². The third kappa shape index (κ3) is 46.3. The van der Waals surface area contributed by atoms with E-state index >= 15 is 0 Å². The van der Waals surface area contributed by atoms with Crippen LogP contribution in [-0.2, 0) is 4.79 Å². The van der Waals surface area contributed by atoms with Gasteiger partial charge in [0.05, 0.1) is 18.8 Å². The zero-order valence-electron chi connectivity index (χ0n) is 38.8. The molecule has 0 rings (SSSR count). The zero-order valence-corrected chi connectivity index (χ0v) is 38.8. The Morgan fingerprint density at radius 1 is 0.368 bits per heavy atom. The van der Waals surface area contributed by atoms with Gasteiger partial charge in [-0.1, -0.05) is 277 Å². The lowest BCUT2D eigenvalue weighted by atomic mass is 10.0. The largest absolute Gasteiger partial charge is 0.396 e. The first-order chi connectivity index (χ1) is 28.2. The van der Waals surface area contributed by atoms with E-state index < -0.39 is 12.1 Å². The SMILES string of the molecule is CCCCCCCCCCCCCCCC(O)C(CO)NC(=O)CCCCCCCCCCCCCCCCCCCCCCCCCCCCCCCCCO. The quantitative estimate of drug-likeness (QED) is 0.0461. The van der Waals surface area contributed by atoms with Gasteiger partial charge < -0.3 is 20.6 Å². The van der Waals surface area contributed by atoms with Crippen molar-refractivity contribution in [2.75, 3.05) is 13.2 Å². The van der Waals surface area contributed by atoms with Crippen molar-refractivity contribution in [2.45, 2.75) is 314 Å². The summed E-state index contributed by atoms with van der Waals surface area (Å²) in [4.78, 5) is 12.4. The molecule has 0 aliphatic heterocycles. The molecule has 0 radical (unpaired) electrons. The summed E-state index contributed by atoms with van der Waals surface area (Å²) in [6.45, 7) is 2.44. The van der Waals surface area contributed by atoms with Crippen LogP contribution in [0, 0.1) is 0 Å². The highest BCUT2D eigenvalue weighted by Gasteiger charge is 2.20. The molecule has 0 aromatic rings. The molecule has 342 valence electrons. The molecule has 0 aliphatic rings. The summed E-state index contributed by atoms with van der Waals surface area (Å²) < 4.78 is 0. The van der Waals surface area contributed by atoms with Crippen molar-refractivity contribution in [3.63, 3.8) is 0 Å². The fourth-order valence-corrected chi connectivity index (χ4v) is 8.64. The summed E-state index contributed by atoms with van der Waals surface area (Å²) in [5, 5.41) is 32.0. The van der Waals surface area contributed by atoms with Gasteiger partial charge >= 0.3 is 0 Å². The Hall–Kier alpha value is -0.650. The van der Waals surface area contributed by atoms with Crippen LogP contribution in [0.1, 0.15) is 302 Å². The van der Waals surface area contributed by atoms with Gasteiger partial charge in [-0.3, -0.25) is 4.79 Å². The highest BCUT2D eigenvalue weighted by molar-refractivity contribution is 5.76. The predicted molar refractivity (Wildman–Crippen MR) is 250 cm³/mol. The number of carbonyl (C=O) groups is 1. The van der Waals surface area contributed by atoms with Gasteiger partial charge in [0.2, 0.25) is 5.91 Å². The Morgan fingerprint density at radius 2 is 0.614 bits per heavy atom. The number of nitrogens with one attached hydrogen (secondary N) is 1. The van der Waals surface area contributed by atoms with Gasteiger partial charge in [0.25, 0.3) is 0 Å². The van der Waals surface area contributed by atoms with Crippen LogP contribution in [-0.4, -0.2) is 46.6 Å². The average molecular weight is 808 g/mol. The maximum atomic E-state index is 12.4. The van der Waals surface area contributed by atoms with Crippen molar-refractivity contribution in [1.29, 1.82) is 0 Å². The second kappa shape index (κ2) is 49.7. The minimum absolute atomic E-state index is 0.0273. The lowest BCUT2D eigenvalue weighted by Crippen LogP contribution is -2.45. The smallest absolute Gasteiger partial charge is 0.220 e. The average Bonchev–Trinajstić information content (AvgIpc) is 3.22. The molecule has 0 saturated heterocycles. The maximum Gasteiger partial charge on any atom is 0.220 e. The number of aliphatic hydroxyl groups is 3. The van der Waals surface area contributed by atoms with Gasteiger partial charge in [0.15, 0.2) is 0 Å². The Kier molecular flexibility index (Phi) is 49.1. The lowest BCUT2D eigenvalue weighted by Gasteiger charge is -2.22. The van der Waals surface area contributed by atoms with Gasteiger partial charge in [-0.2, -0.15) is 0 Å². The number of amides is 1. The Labute approximate surface area is 357 Å². The molecule has 2 atom stereocenters. The number of carbonyl (C=O) groups excluding carboxylic acids is 1. The van der Waals surface area contributed by atoms with E-state index in [1.165, 1.54) is 250 Å². The molecule has 0 bridgehead atoms. The van der Waals surface area contributed by atoms with Crippen LogP contribution >= 0.6 is 0 Å². The molecule has 0 spiro atoms. The summed E-state index contributed by atoms with van der Waals surface area (Å²) in [7, 11) is 0. The molecule has 4 N–H and O–H groups in total. The minimum Gasteiger partial charge on any atom is -0.396 e. The van der Waals surface area contributed by atoms with Gasteiger partial charge in [-0.15, -0.1) is 0 Å². The second-order valence-electron chi connectivity index (χ2n) is 18.4. The fourth-order valence-electron chi connectivity index (χ4n) is 8.64. The molecule has 5 heteroatoms. The number of unbranched alkanes of at least 4 members (excludes halogenated alkanes) is 42. The molecule has 0 aromatic carbocycles. The van der Waals surface area contributed by atoms with Gasteiger partial charge in [0.1, 0.15) is 0 Å². The van der Waals surface area contributed by atoms with Crippen molar-refractivity contribution < 1.29 is 20.1 Å². The molecule has 2 unspecified atom stereocenters. The summed E-state index contributed by atoms with van der Waals surface area (Å²) in [5.74, 6) is -0.0273. The summed E-state index contributed by atoms with van der Waals surface area (Å²) in [6.07, 6.45) is 59.5. The molecule has 0 aliphatic carbocycles. The van der Waals surface area contributed by atoms with Crippen LogP contribution in [0.15, 0.2) is 0 Å².